The van der Waals surface area contributed by atoms with Crippen LogP contribution in [0.2, 0.25) is 0 Å². The lowest BCUT2D eigenvalue weighted by Crippen LogP contribution is -2.24. The maximum absolute atomic E-state index is 11.9. The second-order valence-corrected chi connectivity index (χ2v) is 5.27. The molecule has 2 aromatic rings. The minimum Gasteiger partial charge on any atom is -0.467 e. The molecule has 1 aliphatic heterocycles. The first-order chi connectivity index (χ1) is 10.2. The first-order valence-electron chi connectivity index (χ1n) is 7.06. The van der Waals surface area contributed by atoms with Gasteiger partial charge in [0.15, 0.2) is 5.78 Å². The normalized spacial score (nSPS) is 17.7. The van der Waals surface area contributed by atoms with Crippen LogP contribution < -0.4 is 4.90 Å². The number of carbonyl (C=O) groups is 1. The van der Waals surface area contributed by atoms with Gasteiger partial charge >= 0.3 is 0 Å². The van der Waals surface area contributed by atoms with E-state index >= 15 is 0 Å². The second kappa shape index (κ2) is 5.45. The van der Waals surface area contributed by atoms with Gasteiger partial charge in [-0.1, -0.05) is 0 Å². The number of hydrogen-bond donors (Lipinski definition) is 0. The first-order valence-corrected chi connectivity index (χ1v) is 7.06. The Balaban J connectivity index is 2.06. The zero-order chi connectivity index (χ0) is 14.8. The van der Waals surface area contributed by atoms with Gasteiger partial charge in [0.25, 0.3) is 0 Å². The Kier molecular flexibility index (Phi) is 3.49. The summed E-state index contributed by atoms with van der Waals surface area (Å²) in [6, 6.07) is 11.4. The molecule has 4 heteroatoms. The number of anilines is 1. The summed E-state index contributed by atoms with van der Waals surface area (Å²) in [5.74, 6) is 0.920. The van der Waals surface area contributed by atoms with Crippen LogP contribution in [0.1, 0.15) is 47.5 Å². The Labute approximate surface area is 123 Å². The molecule has 0 N–H and O–H groups in total. The molecule has 0 spiro atoms. The van der Waals surface area contributed by atoms with Crippen molar-refractivity contribution < 1.29 is 9.21 Å². The van der Waals surface area contributed by atoms with E-state index in [9.17, 15) is 4.79 Å². The van der Waals surface area contributed by atoms with Gasteiger partial charge in [0.1, 0.15) is 5.76 Å². The van der Waals surface area contributed by atoms with E-state index in [0.29, 0.717) is 11.1 Å². The fourth-order valence-electron chi connectivity index (χ4n) is 2.97. The molecule has 0 saturated carbocycles. The predicted molar refractivity (Wildman–Crippen MR) is 79.2 cm³/mol. The fraction of sp³-hybridized carbons (Fsp3) is 0.294. The van der Waals surface area contributed by atoms with E-state index in [2.05, 4.69) is 11.0 Å². The van der Waals surface area contributed by atoms with Gasteiger partial charge in [-0.2, -0.15) is 5.26 Å². The summed E-state index contributed by atoms with van der Waals surface area (Å²) in [5, 5.41) is 9.11. The topological polar surface area (TPSA) is 57.2 Å². The highest BCUT2D eigenvalue weighted by Gasteiger charge is 2.30. The maximum atomic E-state index is 11.9. The molecule has 0 aliphatic carbocycles. The van der Waals surface area contributed by atoms with Crippen LogP contribution in [0, 0.1) is 11.3 Å². The van der Waals surface area contributed by atoms with Gasteiger partial charge < -0.3 is 9.32 Å². The number of nitriles is 1. The van der Waals surface area contributed by atoms with E-state index in [1.807, 2.05) is 12.1 Å². The molecule has 1 aromatic heterocycles. The third kappa shape index (κ3) is 2.43. The maximum Gasteiger partial charge on any atom is 0.161 e. The molecular formula is C17H16N2O2. The zero-order valence-corrected chi connectivity index (χ0v) is 11.9. The van der Waals surface area contributed by atoms with Gasteiger partial charge in [0.2, 0.25) is 0 Å². The number of rotatable bonds is 3. The average Bonchev–Trinajstić information content (AvgIpc) is 3.16. The minimum atomic E-state index is 0.0135. The molecule has 1 unspecified atom stereocenters. The van der Waals surface area contributed by atoms with Crippen LogP contribution in [0.3, 0.4) is 0 Å². The van der Waals surface area contributed by atoms with E-state index < -0.39 is 0 Å². The summed E-state index contributed by atoms with van der Waals surface area (Å²) in [7, 11) is 0. The highest BCUT2D eigenvalue weighted by atomic mass is 16.3. The molecule has 1 atom stereocenters. The van der Waals surface area contributed by atoms with Crippen molar-refractivity contribution in [3.05, 3.63) is 53.5 Å². The van der Waals surface area contributed by atoms with Crippen molar-refractivity contribution in [3.63, 3.8) is 0 Å². The Bertz CT molecular complexity index is 698. The van der Waals surface area contributed by atoms with Crippen LogP contribution >= 0.6 is 0 Å². The molecule has 1 fully saturated rings. The summed E-state index contributed by atoms with van der Waals surface area (Å²) in [6.07, 6.45) is 3.70. The van der Waals surface area contributed by atoms with E-state index in [-0.39, 0.29) is 11.8 Å². The van der Waals surface area contributed by atoms with Gasteiger partial charge in [-0.25, -0.2) is 0 Å². The molecule has 1 aromatic carbocycles. The van der Waals surface area contributed by atoms with E-state index in [1.54, 1.807) is 31.4 Å². The summed E-state index contributed by atoms with van der Waals surface area (Å²) >= 11 is 0. The molecule has 3 rings (SSSR count). The van der Waals surface area contributed by atoms with Crippen LogP contribution in [0.5, 0.6) is 0 Å². The van der Waals surface area contributed by atoms with Crippen molar-refractivity contribution in [2.24, 2.45) is 0 Å². The fourth-order valence-corrected chi connectivity index (χ4v) is 2.97. The summed E-state index contributed by atoms with van der Waals surface area (Å²) < 4.78 is 5.53. The molecule has 0 radical (unpaired) electrons. The quantitative estimate of drug-likeness (QED) is 0.804. The first kappa shape index (κ1) is 13.4. The smallest absolute Gasteiger partial charge is 0.161 e. The van der Waals surface area contributed by atoms with Crippen LogP contribution in [-0.4, -0.2) is 12.3 Å². The third-order valence-corrected chi connectivity index (χ3v) is 3.94. The predicted octanol–water partition coefficient (Wildman–Crippen LogP) is 3.70. The number of furan rings is 1. The number of ketones is 1. The average molecular weight is 280 g/mol. The second-order valence-electron chi connectivity index (χ2n) is 5.27. The Morgan fingerprint density at radius 2 is 2.29 bits per heavy atom. The lowest BCUT2D eigenvalue weighted by Gasteiger charge is -2.27. The Morgan fingerprint density at radius 3 is 2.95 bits per heavy atom. The van der Waals surface area contributed by atoms with Crippen molar-refractivity contribution in [2.75, 3.05) is 11.4 Å². The van der Waals surface area contributed by atoms with Crippen LogP contribution in [0.4, 0.5) is 5.69 Å². The van der Waals surface area contributed by atoms with E-state index in [1.165, 1.54) is 0 Å². The third-order valence-electron chi connectivity index (χ3n) is 3.94. The highest BCUT2D eigenvalue weighted by Crippen LogP contribution is 2.38. The number of carbonyl (C=O) groups excluding carboxylic acids is 1. The van der Waals surface area contributed by atoms with Crippen molar-refractivity contribution >= 4 is 11.5 Å². The monoisotopic (exact) mass is 280 g/mol. The van der Waals surface area contributed by atoms with Crippen LogP contribution in [0.15, 0.2) is 41.0 Å². The van der Waals surface area contributed by atoms with Gasteiger partial charge in [0, 0.05) is 17.8 Å². The van der Waals surface area contributed by atoms with Crippen molar-refractivity contribution in [1.29, 1.82) is 5.26 Å². The van der Waals surface area contributed by atoms with Gasteiger partial charge in [-0.05, 0) is 50.1 Å². The lowest BCUT2D eigenvalue weighted by molar-refractivity contribution is 0.101. The molecule has 4 nitrogen and oxygen atoms in total. The van der Waals surface area contributed by atoms with Crippen LogP contribution in [-0.2, 0) is 0 Å². The molecule has 106 valence electrons. The molecule has 0 bridgehead atoms. The molecular weight excluding hydrogens is 264 g/mol. The Morgan fingerprint density at radius 1 is 1.43 bits per heavy atom. The number of benzene rings is 1. The van der Waals surface area contributed by atoms with Crippen LogP contribution in [0.25, 0.3) is 0 Å². The minimum absolute atomic E-state index is 0.0135. The lowest BCUT2D eigenvalue weighted by atomic mass is 10.0. The zero-order valence-electron chi connectivity index (χ0n) is 11.9. The Hall–Kier alpha value is -2.54. The van der Waals surface area contributed by atoms with E-state index in [0.717, 1.165) is 30.8 Å². The number of hydrogen-bond acceptors (Lipinski definition) is 4. The van der Waals surface area contributed by atoms with E-state index in [4.69, 9.17) is 9.68 Å². The standard InChI is InChI=1S/C17H16N2O2/c1-12(20)14-7-6-13(11-18)10-16(14)19-8-2-4-15(19)17-5-3-9-21-17/h3,5-7,9-10,15H,2,4,8H2,1H3. The molecule has 1 saturated heterocycles. The highest BCUT2D eigenvalue weighted by molar-refractivity contribution is 6.00. The number of nitrogens with zero attached hydrogens (tertiary/aromatic N) is 2. The van der Waals surface area contributed by atoms with Gasteiger partial charge in [-0.3, -0.25) is 4.79 Å². The molecule has 21 heavy (non-hydrogen) atoms. The number of Topliss-reactive ketones (excluding diaryl/α,β-unsaturated/α-hetero) is 1. The van der Waals surface area contributed by atoms with Gasteiger partial charge in [0.05, 0.1) is 23.9 Å². The summed E-state index contributed by atoms with van der Waals surface area (Å²) in [6.45, 7) is 2.42. The van der Waals surface area contributed by atoms with Crippen molar-refractivity contribution in [1.82, 2.24) is 0 Å². The molecule has 2 heterocycles. The molecule has 1 aliphatic rings. The van der Waals surface area contributed by atoms with Gasteiger partial charge in [-0.15, -0.1) is 0 Å². The largest absolute Gasteiger partial charge is 0.467 e. The van der Waals surface area contributed by atoms with Crippen molar-refractivity contribution in [2.45, 2.75) is 25.8 Å². The summed E-state index contributed by atoms with van der Waals surface area (Å²) in [5.41, 5.74) is 2.06. The molecule has 0 amide bonds. The SMILES string of the molecule is CC(=O)c1ccc(C#N)cc1N1CCCC1c1ccco1. The summed E-state index contributed by atoms with van der Waals surface area (Å²) in [4.78, 5) is 14.1. The van der Waals surface area contributed by atoms with Crippen molar-refractivity contribution in [3.8, 4) is 6.07 Å².